The number of nitrogens with one attached hydrogen (secondary N) is 2. The van der Waals surface area contributed by atoms with Crippen molar-refractivity contribution in [2.75, 3.05) is 23.8 Å². The third kappa shape index (κ3) is 7.17. The maximum Gasteiger partial charge on any atom is 0.243 e. The van der Waals surface area contributed by atoms with Gasteiger partial charge in [0.25, 0.3) is 0 Å². The highest BCUT2D eigenvalue weighted by Crippen LogP contribution is 2.19. The number of hydrogen-bond acceptors (Lipinski definition) is 4. The highest BCUT2D eigenvalue weighted by Gasteiger charge is 2.05. The molecule has 0 radical (unpaired) electrons. The van der Waals surface area contributed by atoms with E-state index in [0.717, 1.165) is 17.0 Å². The number of ether oxygens (including phenoxy) is 2. The molecule has 30 heavy (non-hydrogen) atoms. The minimum absolute atomic E-state index is 0.129. The second-order valence-electron chi connectivity index (χ2n) is 7.43. The topological polar surface area (TPSA) is 59.6 Å². The van der Waals surface area contributed by atoms with Crippen molar-refractivity contribution in [3.8, 4) is 11.5 Å². The van der Waals surface area contributed by atoms with Crippen molar-refractivity contribution in [2.45, 2.75) is 20.5 Å². The molecular weight excluding hydrogens is 376 g/mol. The van der Waals surface area contributed by atoms with E-state index in [-0.39, 0.29) is 12.5 Å². The molecule has 0 aliphatic carbocycles. The second-order valence-corrected chi connectivity index (χ2v) is 7.43. The van der Waals surface area contributed by atoms with Crippen LogP contribution in [0.3, 0.4) is 0 Å². The van der Waals surface area contributed by atoms with Gasteiger partial charge in [-0.2, -0.15) is 0 Å². The van der Waals surface area contributed by atoms with Crippen molar-refractivity contribution in [1.29, 1.82) is 0 Å². The lowest BCUT2D eigenvalue weighted by molar-refractivity contribution is -0.114. The van der Waals surface area contributed by atoms with Crippen LogP contribution in [-0.4, -0.2) is 19.1 Å². The van der Waals surface area contributed by atoms with Crippen LogP contribution >= 0.6 is 0 Å². The van der Waals surface area contributed by atoms with Gasteiger partial charge in [-0.3, -0.25) is 4.79 Å². The molecule has 2 N–H and O–H groups in total. The van der Waals surface area contributed by atoms with Crippen molar-refractivity contribution < 1.29 is 14.3 Å². The molecule has 0 aliphatic rings. The fourth-order valence-electron chi connectivity index (χ4n) is 2.72. The van der Waals surface area contributed by atoms with E-state index in [1.807, 2.05) is 78.9 Å². The van der Waals surface area contributed by atoms with E-state index < -0.39 is 0 Å². The van der Waals surface area contributed by atoms with Gasteiger partial charge in [0.1, 0.15) is 18.1 Å². The van der Waals surface area contributed by atoms with Crippen LogP contribution in [-0.2, 0) is 11.4 Å². The van der Waals surface area contributed by atoms with Crippen LogP contribution in [0.4, 0.5) is 11.4 Å². The Morgan fingerprint density at radius 2 is 1.60 bits per heavy atom. The molecule has 0 unspecified atom stereocenters. The summed E-state index contributed by atoms with van der Waals surface area (Å²) in [6, 6.07) is 25.0. The van der Waals surface area contributed by atoms with E-state index in [1.165, 1.54) is 0 Å². The summed E-state index contributed by atoms with van der Waals surface area (Å²) in [6.45, 7) is 5.56. The first-order valence-electron chi connectivity index (χ1n) is 10.1. The van der Waals surface area contributed by atoms with Crippen molar-refractivity contribution in [1.82, 2.24) is 0 Å². The van der Waals surface area contributed by atoms with Crippen molar-refractivity contribution >= 4 is 17.3 Å². The van der Waals surface area contributed by atoms with E-state index in [4.69, 9.17) is 9.47 Å². The van der Waals surface area contributed by atoms with Crippen LogP contribution < -0.4 is 20.1 Å². The molecule has 0 bridgehead atoms. The summed E-state index contributed by atoms with van der Waals surface area (Å²) < 4.78 is 11.5. The van der Waals surface area contributed by atoms with Crippen LogP contribution in [0.2, 0.25) is 0 Å². The molecule has 5 heteroatoms. The Morgan fingerprint density at radius 3 is 2.33 bits per heavy atom. The third-order valence-electron chi connectivity index (χ3n) is 4.26. The van der Waals surface area contributed by atoms with Gasteiger partial charge in [0.2, 0.25) is 5.91 Å². The zero-order chi connectivity index (χ0) is 21.2. The summed E-state index contributed by atoms with van der Waals surface area (Å²) in [5.41, 5.74) is 2.66. The molecule has 5 nitrogen and oxygen atoms in total. The molecule has 156 valence electrons. The van der Waals surface area contributed by atoms with Crippen molar-refractivity contribution in [2.24, 2.45) is 5.92 Å². The Morgan fingerprint density at radius 1 is 0.833 bits per heavy atom. The molecule has 0 saturated heterocycles. The van der Waals surface area contributed by atoms with Gasteiger partial charge in [-0.25, -0.2) is 0 Å². The Balaban J connectivity index is 1.45. The zero-order valence-electron chi connectivity index (χ0n) is 17.4. The standard InChI is InChI=1S/C25H28N2O3/c1-19(2)17-29-23-13-11-21(12-14-23)26-16-25(28)27-22-9-6-10-24(15-22)30-18-20-7-4-3-5-8-20/h3-15,19,26H,16-18H2,1-2H3,(H,27,28). The third-order valence-corrected chi connectivity index (χ3v) is 4.26. The fourth-order valence-corrected chi connectivity index (χ4v) is 2.72. The fraction of sp³-hybridized carbons (Fsp3) is 0.240. The molecule has 0 heterocycles. The normalized spacial score (nSPS) is 10.5. The number of rotatable bonds is 10. The van der Waals surface area contributed by atoms with Crippen LogP contribution in [0.15, 0.2) is 78.9 Å². The molecule has 1 amide bonds. The number of hydrogen-bond donors (Lipinski definition) is 2. The minimum atomic E-state index is -0.129. The molecule has 3 rings (SSSR count). The van der Waals surface area contributed by atoms with Gasteiger partial charge in [-0.05, 0) is 47.9 Å². The summed E-state index contributed by atoms with van der Waals surface area (Å²) in [4.78, 5) is 12.3. The monoisotopic (exact) mass is 404 g/mol. The van der Waals surface area contributed by atoms with Crippen molar-refractivity contribution in [3.63, 3.8) is 0 Å². The molecule has 3 aromatic carbocycles. The number of carbonyl (C=O) groups excluding carboxylic acids is 1. The number of carbonyl (C=O) groups is 1. The molecule has 0 aliphatic heterocycles. The quantitative estimate of drug-likeness (QED) is 0.478. The zero-order valence-corrected chi connectivity index (χ0v) is 17.4. The maximum atomic E-state index is 12.3. The predicted octanol–water partition coefficient (Wildman–Crippen LogP) is 5.35. The number of benzene rings is 3. The van der Waals surface area contributed by atoms with Crippen molar-refractivity contribution in [3.05, 3.63) is 84.4 Å². The smallest absolute Gasteiger partial charge is 0.243 e. The predicted molar refractivity (Wildman–Crippen MR) is 121 cm³/mol. The van der Waals surface area contributed by atoms with Gasteiger partial charge < -0.3 is 20.1 Å². The highest BCUT2D eigenvalue weighted by molar-refractivity contribution is 5.93. The lowest BCUT2D eigenvalue weighted by atomic mass is 10.2. The van der Waals surface area contributed by atoms with E-state index in [9.17, 15) is 4.79 Å². The van der Waals surface area contributed by atoms with Gasteiger partial charge in [-0.15, -0.1) is 0 Å². The minimum Gasteiger partial charge on any atom is -0.493 e. The lowest BCUT2D eigenvalue weighted by Gasteiger charge is -2.11. The van der Waals surface area contributed by atoms with Gasteiger partial charge in [0, 0.05) is 17.4 Å². The molecular formula is C25H28N2O3. The van der Waals surface area contributed by atoms with Crippen LogP contribution in [0.1, 0.15) is 19.4 Å². The first kappa shape index (κ1) is 21.2. The van der Waals surface area contributed by atoms with Gasteiger partial charge >= 0.3 is 0 Å². The Bertz CT molecular complexity index is 925. The second kappa shape index (κ2) is 10.9. The van der Waals surface area contributed by atoms with Gasteiger partial charge in [0.05, 0.1) is 13.2 Å². The highest BCUT2D eigenvalue weighted by atomic mass is 16.5. The van der Waals surface area contributed by atoms with Gasteiger partial charge in [0.15, 0.2) is 0 Å². The molecule has 3 aromatic rings. The summed E-state index contributed by atoms with van der Waals surface area (Å²) >= 11 is 0. The summed E-state index contributed by atoms with van der Waals surface area (Å²) in [5.74, 6) is 1.89. The summed E-state index contributed by atoms with van der Waals surface area (Å²) in [7, 11) is 0. The average molecular weight is 405 g/mol. The molecule has 0 saturated carbocycles. The summed E-state index contributed by atoms with van der Waals surface area (Å²) in [5, 5.41) is 6.01. The number of anilines is 2. The SMILES string of the molecule is CC(C)COc1ccc(NCC(=O)Nc2cccc(OCc3ccccc3)c2)cc1. The molecule has 0 atom stereocenters. The van der Waals surface area contributed by atoms with Crippen LogP contribution in [0, 0.1) is 5.92 Å². The van der Waals surface area contributed by atoms with E-state index in [1.54, 1.807) is 0 Å². The average Bonchev–Trinajstić information content (AvgIpc) is 2.76. The molecule has 0 spiro atoms. The van der Waals surface area contributed by atoms with E-state index in [2.05, 4.69) is 24.5 Å². The summed E-state index contributed by atoms with van der Waals surface area (Å²) in [6.07, 6.45) is 0. The molecule has 0 aromatic heterocycles. The lowest BCUT2D eigenvalue weighted by Crippen LogP contribution is -2.21. The Hall–Kier alpha value is -3.47. The van der Waals surface area contributed by atoms with E-state index in [0.29, 0.717) is 30.6 Å². The van der Waals surface area contributed by atoms with Gasteiger partial charge in [-0.1, -0.05) is 50.2 Å². The first-order chi connectivity index (χ1) is 14.6. The number of amides is 1. The molecule has 0 fully saturated rings. The maximum absolute atomic E-state index is 12.3. The largest absolute Gasteiger partial charge is 0.493 e. The van der Waals surface area contributed by atoms with Crippen LogP contribution in [0.25, 0.3) is 0 Å². The Kier molecular flexibility index (Phi) is 7.72. The van der Waals surface area contributed by atoms with Crippen LogP contribution in [0.5, 0.6) is 11.5 Å². The Labute approximate surface area is 178 Å². The van der Waals surface area contributed by atoms with E-state index >= 15 is 0 Å². The first-order valence-corrected chi connectivity index (χ1v) is 10.1.